The number of aromatic carboxylic acids is 1. The highest BCUT2D eigenvalue weighted by Gasteiger charge is 2.11. The number of thiophene rings is 1. The van der Waals surface area contributed by atoms with E-state index in [1.807, 2.05) is 16.8 Å². The minimum Gasteiger partial charge on any atom is -0.478 e. The number of benzene rings is 1. The first-order valence-corrected chi connectivity index (χ1v) is 6.27. The Morgan fingerprint density at radius 3 is 2.78 bits per heavy atom. The van der Waals surface area contributed by atoms with Crippen LogP contribution in [0, 0.1) is 5.82 Å². The van der Waals surface area contributed by atoms with Gasteiger partial charge in [0, 0.05) is 13.6 Å². The molecular weight excluding hydrogens is 253 g/mol. The quantitative estimate of drug-likeness (QED) is 0.922. The highest BCUT2D eigenvalue weighted by molar-refractivity contribution is 7.07. The molecule has 0 unspecified atom stereocenters. The number of hydrogen-bond acceptors (Lipinski definition) is 3. The van der Waals surface area contributed by atoms with Crippen molar-refractivity contribution in [2.45, 2.75) is 6.54 Å². The third-order valence-electron chi connectivity index (χ3n) is 2.61. The zero-order valence-electron chi connectivity index (χ0n) is 9.76. The molecule has 1 heterocycles. The van der Waals surface area contributed by atoms with E-state index >= 15 is 0 Å². The molecule has 5 heteroatoms. The highest BCUT2D eigenvalue weighted by Crippen LogP contribution is 2.21. The van der Waals surface area contributed by atoms with Crippen LogP contribution in [0.5, 0.6) is 0 Å². The Bertz CT molecular complexity index is 554. The molecular formula is C13H12FNO2S. The molecule has 0 amide bonds. The van der Waals surface area contributed by atoms with Gasteiger partial charge in [0.1, 0.15) is 5.82 Å². The molecule has 0 spiro atoms. The second-order valence-electron chi connectivity index (χ2n) is 3.96. The van der Waals surface area contributed by atoms with E-state index in [0.29, 0.717) is 12.2 Å². The van der Waals surface area contributed by atoms with E-state index in [0.717, 1.165) is 11.6 Å². The van der Waals surface area contributed by atoms with Crippen molar-refractivity contribution in [2.24, 2.45) is 0 Å². The van der Waals surface area contributed by atoms with Crippen LogP contribution in [-0.4, -0.2) is 18.1 Å². The first-order chi connectivity index (χ1) is 8.58. The van der Waals surface area contributed by atoms with Gasteiger partial charge >= 0.3 is 5.97 Å². The van der Waals surface area contributed by atoms with E-state index in [2.05, 4.69) is 0 Å². The van der Waals surface area contributed by atoms with E-state index < -0.39 is 11.8 Å². The third kappa shape index (κ3) is 2.68. The summed E-state index contributed by atoms with van der Waals surface area (Å²) in [4.78, 5) is 12.5. The van der Waals surface area contributed by atoms with Crippen molar-refractivity contribution in [2.75, 3.05) is 11.9 Å². The fraction of sp³-hybridized carbons (Fsp3) is 0.154. The first-order valence-electron chi connectivity index (χ1n) is 5.33. The molecule has 0 aliphatic rings. The van der Waals surface area contributed by atoms with E-state index in [4.69, 9.17) is 5.11 Å². The Balaban J connectivity index is 2.20. The molecule has 1 aromatic heterocycles. The smallest absolute Gasteiger partial charge is 0.335 e. The molecule has 2 aromatic rings. The molecule has 0 saturated carbocycles. The van der Waals surface area contributed by atoms with Gasteiger partial charge in [0.15, 0.2) is 0 Å². The molecule has 0 fully saturated rings. The molecule has 0 saturated heterocycles. The lowest BCUT2D eigenvalue weighted by Gasteiger charge is -2.19. The number of halogens is 1. The summed E-state index contributed by atoms with van der Waals surface area (Å²) in [7, 11) is 1.77. The molecule has 0 aliphatic heterocycles. The van der Waals surface area contributed by atoms with Crippen LogP contribution in [0.2, 0.25) is 0 Å². The Labute approximate surface area is 108 Å². The summed E-state index contributed by atoms with van der Waals surface area (Å²) in [6.45, 7) is 0.590. The normalized spacial score (nSPS) is 10.3. The minimum atomic E-state index is -1.12. The van der Waals surface area contributed by atoms with Crippen LogP contribution in [0.25, 0.3) is 0 Å². The molecule has 94 valence electrons. The molecule has 1 N–H and O–H groups in total. The van der Waals surface area contributed by atoms with Gasteiger partial charge in [0.25, 0.3) is 0 Å². The van der Waals surface area contributed by atoms with Crippen molar-refractivity contribution in [3.05, 3.63) is 52.0 Å². The summed E-state index contributed by atoms with van der Waals surface area (Å²) >= 11 is 1.59. The van der Waals surface area contributed by atoms with Crippen LogP contribution in [0.1, 0.15) is 15.9 Å². The zero-order chi connectivity index (χ0) is 13.1. The molecule has 0 aliphatic carbocycles. The van der Waals surface area contributed by atoms with Crippen LogP contribution in [0.4, 0.5) is 10.1 Å². The Morgan fingerprint density at radius 2 is 2.22 bits per heavy atom. The van der Waals surface area contributed by atoms with Gasteiger partial charge in [-0.1, -0.05) is 0 Å². The number of rotatable bonds is 4. The van der Waals surface area contributed by atoms with E-state index in [1.54, 1.807) is 23.3 Å². The van der Waals surface area contributed by atoms with Crippen molar-refractivity contribution >= 4 is 23.0 Å². The maximum absolute atomic E-state index is 13.8. The van der Waals surface area contributed by atoms with E-state index in [1.165, 1.54) is 12.1 Å². The second-order valence-corrected chi connectivity index (χ2v) is 4.74. The first kappa shape index (κ1) is 12.6. The van der Waals surface area contributed by atoms with Gasteiger partial charge < -0.3 is 10.0 Å². The summed E-state index contributed by atoms with van der Waals surface area (Å²) in [6.07, 6.45) is 0. The molecule has 0 radical (unpaired) electrons. The van der Waals surface area contributed by atoms with Crippen molar-refractivity contribution in [1.82, 2.24) is 0 Å². The second kappa shape index (κ2) is 5.18. The van der Waals surface area contributed by atoms with Gasteiger partial charge in [0.2, 0.25) is 0 Å². The molecule has 3 nitrogen and oxygen atoms in total. The largest absolute Gasteiger partial charge is 0.478 e. The van der Waals surface area contributed by atoms with Crippen LogP contribution in [0.15, 0.2) is 35.0 Å². The number of nitrogens with zero attached hydrogens (tertiary/aromatic N) is 1. The van der Waals surface area contributed by atoms with Crippen molar-refractivity contribution in [3.63, 3.8) is 0 Å². The van der Waals surface area contributed by atoms with E-state index in [9.17, 15) is 9.18 Å². The van der Waals surface area contributed by atoms with Gasteiger partial charge in [-0.25, -0.2) is 9.18 Å². The summed E-state index contributed by atoms with van der Waals surface area (Å²) < 4.78 is 13.8. The van der Waals surface area contributed by atoms with Gasteiger partial charge in [-0.15, -0.1) is 0 Å². The molecule has 18 heavy (non-hydrogen) atoms. The molecule has 0 atom stereocenters. The summed E-state index contributed by atoms with van der Waals surface area (Å²) in [5.74, 6) is -1.64. The maximum atomic E-state index is 13.8. The number of hydrogen-bond donors (Lipinski definition) is 1. The monoisotopic (exact) mass is 265 g/mol. The van der Waals surface area contributed by atoms with E-state index in [-0.39, 0.29) is 5.56 Å². The Morgan fingerprint density at radius 1 is 1.44 bits per heavy atom. The topological polar surface area (TPSA) is 40.5 Å². The zero-order valence-corrected chi connectivity index (χ0v) is 10.6. The van der Waals surface area contributed by atoms with Gasteiger partial charge in [-0.2, -0.15) is 11.3 Å². The number of carbonyl (C=O) groups is 1. The van der Waals surface area contributed by atoms with Crippen LogP contribution in [-0.2, 0) is 6.54 Å². The lowest BCUT2D eigenvalue weighted by Crippen LogP contribution is -2.17. The number of carboxylic acids is 1. The average Bonchev–Trinajstić information content (AvgIpc) is 2.81. The fourth-order valence-electron chi connectivity index (χ4n) is 1.69. The molecule has 2 rings (SSSR count). The van der Waals surface area contributed by atoms with Gasteiger partial charge in [0.05, 0.1) is 11.3 Å². The number of carboxylic acid groups (broad SMARTS) is 1. The fourth-order valence-corrected chi connectivity index (χ4v) is 2.35. The Kier molecular flexibility index (Phi) is 3.62. The Hall–Kier alpha value is -1.88. The predicted octanol–water partition coefficient (Wildman–Crippen LogP) is 3.22. The minimum absolute atomic E-state index is 0.0415. The summed E-state index contributed by atoms with van der Waals surface area (Å²) in [6, 6.07) is 5.92. The third-order valence-corrected chi connectivity index (χ3v) is 3.34. The predicted molar refractivity (Wildman–Crippen MR) is 69.8 cm³/mol. The molecule has 0 bridgehead atoms. The van der Waals surface area contributed by atoms with Crippen molar-refractivity contribution < 1.29 is 14.3 Å². The average molecular weight is 265 g/mol. The summed E-state index contributed by atoms with van der Waals surface area (Å²) in [5.41, 5.74) is 1.45. The lowest BCUT2D eigenvalue weighted by molar-refractivity contribution is 0.0696. The van der Waals surface area contributed by atoms with Crippen LogP contribution >= 0.6 is 11.3 Å². The van der Waals surface area contributed by atoms with Crippen molar-refractivity contribution in [1.29, 1.82) is 0 Å². The SMILES string of the molecule is CN(Cc1ccsc1)c1ccc(C(=O)O)cc1F. The molecule has 1 aromatic carbocycles. The number of anilines is 1. The highest BCUT2D eigenvalue weighted by atomic mass is 32.1. The van der Waals surface area contributed by atoms with Gasteiger partial charge in [-0.05, 0) is 40.6 Å². The standard InChI is InChI=1S/C13H12FNO2S/c1-15(7-9-4-5-18-8-9)12-3-2-10(13(16)17)6-11(12)14/h2-6,8H,7H2,1H3,(H,16,17). The van der Waals surface area contributed by atoms with Crippen LogP contribution < -0.4 is 4.90 Å². The lowest BCUT2D eigenvalue weighted by atomic mass is 10.2. The van der Waals surface area contributed by atoms with Crippen LogP contribution in [0.3, 0.4) is 0 Å². The van der Waals surface area contributed by atoms with Crippen molar-refractivity contribution in [3.8, 4) is 0 Å². The maximum Gasteiger partial charge on any atom is 0.335 e. The summed E-state index contributed by atoms with van der Waals surface area (Å²) in [5, 5.41) is 12.7. The van der Waals surface area contributed by atoms with Gasteiger partial charge in [-0.3, -0.25) is 0 Å².